The average Bonchev–Trinajstić information content (AvgIpc) is 2.15. The first-order valence-corrected chi connectivity index (χ1v) is 4.80. The average molecular weight is 212 g/mol. The molecular formula is C11H16O4. The molecule has 0 aromatic heterocycles. The van der Waals surface area contributed by atoms with Crippen molar-refractivity contribution in [3.05, 3.63) is 23.8 Å². The van der Waals surface area contributed by atoms with Crippen LogP contribution in [0.1, 0.15) is 20.8 Å². The molecule has 0 aliphatic heterocycles. The Morgan fingerprint density at radius 3 is 2.07 bits per heavy atom. The van der Waals surface area contributed by atoms with Gasteiger partial charge in [0.1, 0.15) is 0 Å². The molecule has 0 aliphatic rings. The smallest absolute Gasteiger partial charge is 0.330 e. The number of carbonyl (C=O) groups excluding carboxylic acids is 2. The zero-order valence-corrected chi connectivity index (χ0v) is 9.28. The Bertz CT molecular complexity index is 276. The number of carbonyl (C=O) groups is 2. The van der Waals surface area contributed by atoms with Crippen LogP contribution in [-0.2, 0) is 19.1 Å². The Kier molecular flexibility index (Phi) is 6.97. The van der Waals surface area contributed by atoms with Crippen molar-refractivity contribution >= 4 is 11.9 Å². The second-order valence-electron chi connectivity index (χ2n) is 2.73. The molecule has 0 fully saturated rings. The summed E-state index contributed by atoms with van der Waals surface area (Å²) in [5.74, 6) is -0.836. The predicted octanol–water partition coefficient (Wildman–Crippen LogP) is 1.62. The van der Waals surface area contributed by atoms with Crippen LogP contribution in [0.4, 0.5) is 0 Å². The van der Waals surface area contributed by atoms with Crippen LogP contribution in [-0.4, -0.2) is 25.2 Å². The molecule has 0 radical (unpaired) electrons. The van der Waals surface area contributed by atoms with Gasteiger partial charge in [-0.05, 0) is 26.3 Å². The topological polar surface area (TPSA) is 52.6 Å². The molecule has 15 heavy (non-hydrogen) atoms. The van der Waals surface area contributed by atoms with Crippen LogP contribution < -0.4 is 0 Å². The summed E-state index contributed by atoms with van der Waals surface area (Å²) >= 11 is 0. The molecule has 0 bridgehead atoms. The Hall–Kier alpha value is -1.58. The molecule has 0 atom stereocenters. The maximum atomic E-state index is 11.0. The van der Waals surface area contributed by atoms with Crippen LogP contribution in [0.5, 0.6) is 0 Å². The third-order valence-electron chi connectivity index (χ3n) is 1.40. The van der Waals surface area contributed by atoms with E-state index >= 15 is 0 Å². The monoisotopic (exact) mass is 212 g/mol. The zero-order chi connectivity index (χ0) is 11.7. The largest absolute Gasteiger partial charge is 0.463 e. The van der Waals surface area contributed by atoms with Crippen LogP contribution in [0.2, 0.25) is 0 Å². The Labute approximate surface area is 89.6 Å². The lowest BCUT2D eigenvalue weighted by Gasteiger charge is -1.97. The van der Waals surface area contributed by atoms with Crippen molar-refractivity contribution in [2.24, 2.45) is 0 Å². The molecule has 0 amide bonds. The lowest BCUT2D eigenvalue weighted by Crippen LogP contribution is -2.01. The van der Waals surface area contributed by atoms with Gasteiger partial charge in [0.15, 0.2) is 0 Å². The fraction of sp³-hybridized carbons (Fsp3) is 0.455. The summed E-state index contributed by atoms with van der Waals surface area (Å²) in [7, 11) is 0. The summed E-state index contributed by atoms with van der Waals surface area (Å²) in [4.78, 5) is 21.9. The van der Waals surface area contributed by atoms with E-state index in [1.165, 1.54) is 18.2 Å². The van der Waals surface area contributed by atoms with Gasteiger partial charge in [0.2, 0.25) is 0 Å². The molecule has 0 aromatic carbocycles. The normalized spacial score (nSPS) is 11.5. The number of hydrogen-bond donors (Lipinski definition) is 0. The maximum absolute atomic E-state index is 11.0. The highest BCUT2D eigenvalue weighted by atomic mass is 16.5. The predicted molar refractivity (Wildman–Crippen MR) is 56.2 cm³/mol. The maximum Gasteiger partial charge on any atom is 0.330 e. The molecule has 84 valence electrons. The summed E-state index contributed by atoms with van der Waals surface area (Å²) in [6, 6.07) is 0. The van der Waals surface area contributed by atoms with Crippen LogP contribution >= 0.6 is 0 Å². The van der Waals surface area contributed by atoms with Crippen LogP contribution in [0.25, 0.3) is 0 Å². The molecule has 0 unspecified atom stereocenters. The van der Waals surface area contributed by atoms with Crippen molar-refractivity contribution in [2.75, 3.05) is 13.2 Å². The molecule has 0 spiro atoms. The summed E-state index contributed by atoms with van der Waals surface area (Å²) in [5, 5.41) is 0. The van der Waals surface area contributed by atoms with Gasteiger partial charge in [-0.2, -0.15) is 0 Å². The molecule has 0 aliphatic carbocycles. The van der Waals surface area contributed by atoms with E-state index in [0.29, 0.717) is 18.8 Å². The number of rotatable bonds is 5. The quantitative estimate of drug-likeness (QED) is 0.394. The minimum absolute atomic E-state index is 0.337. The lowest BCUT2D eigenvalue weighted by molar-refractivity contribution is -0.138. The summed E-state index contributed by atoms with van der Waals surface area (Å²) < 4.78 is 9.38. The SMILES string of the molecule is CCOC(=O)/C=C(C)\C=C\C(=O)OCC. The van der Waals surface area contributed by atoms with Gasteiger partial charge >= 0.3 is 11.9 Å². The van der Waals surface area contributed by atoms with Gasteiger partial charge in [0.05, 0.1) is 13.2 Å². The number of ether oxygens (including phenoxy) is 2. The summed E-state index contributed by atoms with van der Waals surface area (Å²) in [5.41, 5.74) is 0.640. The van der Waals surface area contributed by atoms with Crippen molar-refractivity contribution in [3.63, 3.8) is 0 Å². The van der Waals surface area contributed by atoms with Crippen LogP contribution in [0.3, 0.4) is 0 Å². The van der Waals surface area contributed by atoms with Gasteiger partial charge in [-0.3, -0.25) is 0 Å². The Morgan fingerprint density at radius 1 is 1.00 bits per heavy atom. The van der Waals surface area contributed by atoms with E-state index in [1.807, 2.05) is 0 Å². The standard InChI is InChI=1S/C11H16O4/c1-4-14-10(12)7-6-9(3)8-11(13)15-5-2/h6-8H,4-5H2,1-3H3/b7-6+,9-8-. The highest BCUT2D eigenvalue weighted by Gasteiger charge is 1.97. The van der Waals surface area contributed by atoms with E-state index in [-0.39, 0.29) is 0 Å². The number of esters is 2. The van der Waals surface area contributed by atoms with Gasteiger partial charge < -0.3 is 9.47 Å². The fourth-order valence-electron chi connectivity index (χ4n) is 0.808. The van der Waals surface area contributed by atoms with Gasteiger partial charge in [-0.25, -0.2) is 9.59 Å². The van der Waals surface area contributed by atoms with E-state index in [0.717, 1.165) is 0 Å². The Balaban J connectivity index is 4.16. The van der Waals surface area contributed by atoms with E-state index in [2.05, 4.69) is 4.74 Å². The first-order valence-electron chi connectivity index (χ1n) is 4.80. The minimum Gasteiger partial charge on any atom is -0.463 e. The van der Waals surface area contributed by atoms with Crippen molar-refractivity contribution < 1.29 is 19.1 Å². The van der Waals surface area contributed by atoms with Crippen molar-refractivity contribution in [2.45, 2.75) is 20.8 Å². The molecule has 0 saturated heterocycles. The molecule has 0 saturated carbocycles. The second-order valence-corrected chi connectivity index (χ2v) is 2.73. The Morgan fingerprint density at radius 2 is 1.53 bits per heavy atom. The molecule has 0 rings (SSSR count). The molecule has 0 heterocycles. The zero-order valence-electron chi connectivity index (χ0n) is 9.28. The first-order chi connectivity index (χ1) is 7.10. The van der Waals surface area contributed by atoms with Crippen LogP contribution in [0, 0.1) is 0 Å². The summed E-state index contributed by atoms with van der Waals surface area (Å²) in [6.07, 6.45) is 4.10. The lowest BCUT2D eigenvalue weighted by atomic mass is 10.2. The molecule has 4 heteroatoms. The molecular weight excluding hydrogens is 196 g/mol. The van der Waals surface area contributed by atoms with Gasteiger partial charge in [-0.15, -0.1) is 0 Å². The fourth-order valence-corrected chi connectivity index (χ4v) is 0.808. The van der Waals surface area contributed by atoms with Crippen molar-refractivity contribution in [1.29, 1.82) is 0 Å². The van der Waals surface area contributed by atoms with Gasteiger partial charge in [-0.1, -0.05) is 6.08 Å². The summed E-state index contributed by atoms with van der Waals surface area (Å²) in [6.45, 7) is 5.84. The molecule has 0 N–H and O–H groups in total. The van der Waals surface area contributed by atoms with Crippen molar-refractivity contribution in [1.82, 2.24) is 0 Å². The van der Waals surface area contributed by atoms with Gasteiger partial charge in [0.25, 0.3) is 0 Å². The number of allylic oxidation sites excluding steroid dienone is 2. The van der Waals surface area contributed by atoms with E-state index < -0.39 is 11.9 Å². The highest BCUT2D eigenvalue weighted by molar-refractivity contribution is 5.85. The third-order valence-corrected chi connectivity index (χ3v) is 1.40. The van der Waals surface area contributed by atoms with E-state index in [4.69, 9.17) is 4.74 Å². The van der Waals surface area contributed by atoms with E-state index in [9.17, 15) is 9.59 Å². The second kappa shape index (κ2) is 7.79. The van der Waals surface area contributed by atoms with Crippen LogP contribution in [0.15, 0.2) is 23.8 Å². The number of hydrogen-bond acceptors (Lipinski definition) is 4. The van der Waals surface area contributed by atoms with Gasteiger partial charge in [0, 0.05) is 12.2 Å². The first kappa shape index (κ1) is 13.4. The third kappa shape index (κ3) is 7.49. The highest BCUT2D eigenvalue weighted by Crippen LogP contribution is 1.96. The molecule has 4 nitrogen and oxygen atoms in total. The minimum atomic E-state index is -0.422. The van der Waals surface area contributed by atoms with E-state index in [1.54, 1.807) is 20.8 Å². The molecule has 0 aromatic rings. The van der Waals surface area contributed by atoms with Crippen molar-refractivity contribution in [3.8, 4) is 0 Å².